The number of carbonyl (C=O) groups is 1. The Morgan fingerprint density at radius 2 is 2.33 bits per heavy atom. The zero-order chi connectivity index (χ0) is 8.97. The zero-order valence-electron chi connectivity index (χ0n) is 7.55. The molecule has 1 aliphatic rings. The largest absolute Gasteiger partial charge is 0.396 e. The van der Waals surface area contributed by atoms with E-state index in [2.05, 4.69) is 0 Å². The van der Waals surface area contributed by atoms with E-state index >= 15 is 0 Å². The molecule has 68 valence electrons. The van der Waals surface area contributed by atoms with Gasteiger partial charge in [-0.05, 0) is 32.3 Å². The molecule has 1 atom stereocenters. The number of hydrogen-bond acceptors (Lipinski definition) is 2. The van der Waals surface area contributed by atoms with Crippen LogP contribution in [0.4, 0.5) is 0 Å². The molecule has 0 heterocycles. The number of aliphatic hydroxyl groups excluding tert-OH is 1. The van der Waals surface area contributed by atoms with Crippen LogP contribution in [-0.4, -0.2) is 17.5 Å². The van der Waals surface area contributed by atoms with E-state index in [4.69, 9.17) is 5.11 Å². The SMILES string of the molecule is CC1=CC(=O)C(CCCCO)C1. The summed E-state index contributed by atoms with van der Waals surface area (Å²) in [6.07, 6.45) is 5.41. The Morgan fingerprint density at radius 1 is 1.58 bits per heavy atom. The Hall–Kier alpha value is -0.630. The lowest BCUT2D eigenvalue weighted by molar-refractivity contribution is -0.117. The summed E-state index contributed by atoms with van der Waals surface area (Å²) in [7, 11) is 0. The molecule has 0 amide bonds. The lowest BCUT2D eigenvalue weighted by Gasteiger charge is -2.06. The highest BCUT2D eigenvalue weighted by atomic mass is 16.2. The van der Waals surface area contributed by atoms with Crippen LogP contribution in [0.25, 0.3) is 0 Å². The summed E-state index contributed by atoms with van der Waals surface area (Å²) in [5, 5.41) is 8.56. The fraction of sp³-hybridized carbons (Fsp3) is 0.700. The molecule has 1 aliphatic carbocycles. The monoisotopic (exact) mass is 168 g/mol. The first-order valence-electron chi connectivity index (χ1n) is 4.56. The first-order valence-corrected chi connectivity index (χ1v) is 4.56. The lowest BCUT2D eigenvalue weighted by atomic mass is 9.98. The smallest absolute Gasteiger partial charge is 0.159 e. The number of rotatable bonds is 4. The predicted molar refractivity (Wildman–Crippen MR) is 47.8 cm³/mol. The summed E-state index contributed by atoms with van der Waals surface area (Å²) < 4.78 is 0. The van der Waals surface area contributed by atoms with Gasteiger partial charge in [-0.1, -0.05) is 12.0 Å². The molecule has 0 aromatic heterocycles. The molecule has 2 nitrogen and oxygen atoms in total. The molecule has 0 bridgehead atoms. The number of carbonyl (C=O) groups excluding carboxylic acids is 1. The highest BCUT2D eigenvalue weighted by molar-refractivity contribution is 5.94. The summed E-state index contributed by atoms with van der Waals surface area (Å²) in [6, 6.07) is 0. The van der Waals surface area contributed by atoms with Crippen LogP contribution in [-0.2, 0) is 4.79 Å². The molecule has 1 unspecified atom stereocenters. The maximum absolute atomic E-state index is 11.2. The fourth-order valence-corrected chi connectivity index (χ4v) is 1.66. The van der Waals surface area contributed by atoms with Gasteiger partial charge in [-0.15, -0.1) is 0 Å². The molecule has 0 fully saturated rings. The maximum Gasteiger partial charge on any atom is 0.159 e. The molecular formula is C10H16O2. The van der Waals surface area contributed by atoms with Crippen LogP contribution in [0.3, 0.4) is 0 Å². The average molecular weight is 168 g/mol. The minimum absolute atomic E-state index is 0.219. The van der Waals surface area contributed by atoms with Gasteiger partial charge in [-0.25, -0.2) is 0 Å². The number of unbranched alkanes of at least 4 members (excludes halogenated alkanes) is 1. The number of hydrogen-bond donors (Lipinski definition) is 1. The van der Waals surface area contributed by atoms with Crippen molar-refractivity contribution in [3.05, 3.63) is 11.6 Å². The van der Waals surface area contributed by atoms with Gasteiger partial charge in [-0.3, -0.25) is 4.79 Å². The first kappa shape index (κ1) is 9.46. The second-order valence-electron chi connectivity index (χ2n) is 3.51. The van der Waals surface area contributed by atoms with E-state index in [0.29, 0.717) is 0 Å². The van der Waals surface area contributed by atoms with Gasteiger partial charge in [0, 0.05) is 12.5 Å². The van der Waals surface area contributed by atoms with Crippen molar-refractivity contribution in [2.45, 2.75) is 32.6 Å². The Bertz CT molecular complexity index is 194. The van der Waals surface area contributed by atoms with E-state index in [0.717, 1.165) is 25.7 Å². The van der Waals surface area contributed by atoms with E-state index in [-0.39, 0.29) is 18.3 Å². The van der Waals surface area contributed by atoms with Crippen molar-refractivity contribution in [1.29, 1.82) is 0 Å². The van der Waals surface area contributed by atoms with Crippen LogP contribution in [0.5, 0.6) is 0 Å². The molecule has 2 heteroatoms. The summed E-state index contributed by atoms with van der Waals surface area (Å²) in [5.41, 5.74) is 1.20. The Labute approximate surface area is 73.3 Å². The number of ketones is 1. The van der Waals surface area contributed by atoms with Gasteiger partial charge >= 0.3 is 0 Å². The van der Waals surface area contributed by atoms with E-state index in [1.54, 1.807) is 6.08 Å². The third kappa shape index (κ3) is 2.45. The van der Waals surface area contributed by atoms with E-state index in [1.807, 2.05) is 6.92 Å². The third-order valence-electron chi connectivity index (χ3n) is 2.32. The van der Waals surface area contributed by atoms with Crippen molar-refractivity contribution in [2.24, 2.45) is 5.92 Å². The lowest BCUT2D eigenvalue weighted by Crippen LogP contribution is -2.06. The maximum atomic E-state index is 11.2. The van der Waals surface area contributed by atoms with Gasteiger partial charge < -0.3 is 5.11 Å². The van der Waals surface area contributed by atoms with Crippen LogP contribution >= 0.6 is 0 Å². The van der Waals surface area contributed by atoms with Crippen LogP contribution in [0.2, 0.25) is 0 Å². The molecule has 0 saturated carbocycles. The van der Waals surface area contributed by atoms with Crippen molar-refractivity contribution in [3.8, 4) is 0 Å². The van der Waals surface area contributed by atoms with Gasteiger partial charge in [0.25, 0.3) is 0 Å². The van der Waals surface area contributed by atoms with Crippen molar-refractivity contribution >= 4 is 5.78 Å². The van der Waals surface area contributed by atoms with Gasteiger partial charge in [0.2, 0.25) is 0 Å². The molecular weight excluding hydrogens is 152 g/mol. The van der Waals surface area contributed by atoms with Crippen molar-refractivity contribution < 1.29 is 9.90 Å². The van der Waals surface area contributed by atoms with Gasteiger partial charge in [0.1, 0.15) is 0 Å². The average Bonchev–Trinajstić information content (AvgIpc) is 2.31. The molecule has 0 aliphatic heterocycles. The quantitative estimate of drug-likeness (QED) is 0.648. The number of aliphatic hydroxyl groups is 1. The molecule has 1 N–H and O–H groups in total. The zero-order valence-corrected chi connectivity index (χ0v) is 7.55. The van der Waals surface area contributed by atoms with Crippen molar-refractivity contribution in [2.75, 3.05) is 6.61 Å². The summed E-state index contributed by atoms with van der Waals surface area (Å²) >= 11 is 0. The normalized spacial score (nSPS) is 23.0. The van der Waals surface area contributed by atoms with Crippen LogP contribution in [0.1, 0.15) is 32.6 Å². The molecule has 0 radical (unpaired) electrons. The summed E-state index contributed by atoms with van der Waals surface area (Å²) in [6.45, 7) is 2.25. The van der Waals surface area contributed by atoms with Gasteiger partial charge in [0.05, 0.1) is 0 Å². The highest BCUT2D eigenvalue weighted by Crippen LogP contribution is 2.25. The van der Waals surface area contributed by atoms with Crippen molar-refractivity contribution in [1.82, 2.24) is 0 Å². The topological polar surface area (TPSA) is 37.3 Å². The highest BCUT2D eigenvalue weighted by Gasteiger charge is 2.21. The Kier molecular flexibility index (Phi) is 3.48. The molecule has 0 saturated heterocycles. The second-order valence-corrected chi connectivity index (χ2v) is 3.51. The third-order valence-corrected chi connectivity index (χ3v) is 2.32. The van der Waals surface area contributed by atoms with Gasteiger partial charge in [0.15, 0.2) is 5.78 Å². The van der Waals surface area contributed by atoms with Crippen LogP contribution in [0.15, 0.2) is 11.6 Å². The summed E-state index contributed by atoms with van der Waals surface area (Å²) in [5.74, 6) is 0.502. The van der Waals surface area contributed by atoms with E-state index < -0.39 is 0 Å². The molecule has 0 aromatic carbocycles. The van der Waals surface area contributed by atoms with Crippen molar-refractivity contribution in [3.63, 3.8) is 0 Å². The fourth-order valence-electron chi connectivity index (χ4n) is 1.66. The molecule has 0 spiro atoms. The standard InChI is InChI=1S/C10H16O2/c1-8-6-9(10(12)7-8)4-2-3-5-11/h7,9,11H,2-6H2,1H3. The predicted octanol–water partition coefficient (Wildman–Crippen LogP) is 1.68. The minimum atomic E-state index is 0.219. The van der Waals surface area contributed by atoms with Crippen LogP contribution in [0, 0.1) is 5.92 Å². The van der Waals surface area contributed by atoms with E-state index in [9.17, 15) is 4.79 Å². The Morgan fingerprint density at radius 3 is 2.83 bits per heavy atom. The molecule has 0 aromatic rings. The summed E-state index contributed by atoms with van der Waals surface area (Å²) in [4.78, 5) is 11.2. The molecule has 1 rings (SSSR count). The van der Waals surface area contributed by atoms with Crippen LogP contribution < -0.4 is 0 Å². The van der Waals surface area contributed by atoms with Gasteiger partial charge in [-0.2, -0.15) is 0 Å². The molecule has 12 heavy (non-hydrogen) atoms. The second kappa shape index (κ2) is 4.41. The minimum Gasteiger partial charge on any atom is -0.396 e. The van der Waals surface area contributed by atoms with E-state index in [1.165, 1.54) is 5.57 Å². The number of allylic oxidation sites excluding steroid dienone is 2. The Balaban J connectivity index is 2.23. The first-order chi connectivity index (χ1) is 5.74.